The van der Waals surface area contributed by atoms with Crippen LogP contribution >= 0.6 is 0 Å². The number of hydrogen-bond acceptors (Lipinski definition) is 2. The molecule has 0 fully saturated rings. The van der Waals surface area contributed by atoms with E-state index in [1.54, 1.807) is 0 Å². The molecule has 0 rings (SSSR count). The normalized spacial score (nSPS) is 22.7. The standard InChI is InChI=1S/C14H19F9O3/c1-5-9(3,16)11(17,7-15)14(22,23)26-10(4,6-2)12(18,8(24)25)13(19,20)21/h5-7H2,1-4H3,(H,24,25). The second-order valence-electron chi connectivity index (χ2n) is 6.15. The predicted octanol–water partition coefficient (Wildman–Crippen LogP) is 4.94. The summed E-state index contributed by atoms with van der Waals surface area (Å²) in [5, 5.41) is 8.64. The summed E-state index contributed by atoms with van der Waals surface area (Å²) in [6, 6.07) is 0. The Morgan fingerprint density at radius 3 is 1.58 bits per heavy atom. The molecule has 0 aliphatic rings. The largest absolute Gasteiger partial charge is 0.479 e. The van der Waals surface area contributed by atoms with Crippen LogP contribution in [0.2, 0.25) is 0 Å². The van der Waals surface area contributed by atoms with Crippen LogP contribution in [-0.4, -0.2) is 52.6 Å². The highest BCUT2D eigenvalue weighted by atomic mass is 19.4. The predicted molar refractivity (Wildman–Crippen MR) is 71.9 cm³/mol. The first-order chi connectivity index (χ1) is 11.3. The molecule has 3 nitrogen and oxygen atoms in total. The van der Waals surface area contributed by atoms with E-state index in [0.29, 0.717) is 6.92 Å². The van der Waals surface area contributed by atoms with Gasteiger partial charge in [-0.15, -0.1) is 0 Å². The van der Waals surface area contributed by atoms with Crippen LogP contribution in [-0.2, 0) is 9.53 Å². The smallest absolute Gasteiger partial charge is 0.436 e. The minimum Gasteiger partial charge on any atom is -0.479 e. The Morgan fingerprint density at radius 1 is 0.923 bits per heavy atom. The third-order valence-electron chi connectivity index (χ3n) is 4.58. The third-order valence-corrected chi connectivity index (χ3v) is 4.58. The minimum absolute atomic E-state index is 0.00267. The van der Waals surface area contributed by atoms with Gasteiger partial charge >= 0.3 is 23.9 Å². The summed E-state index contributed by atoms with van der Waals surface area (Å²) >= 11 is 0. The fourth-order valence-corrected chi connectivity index (χ4v) is 2.20. The lowest BCUT2D eigenvalue weighted by Gasteiger charge is -2.46. The van der Waals surface area contributed by atoms with Crippen molar-refractivity contribution in [2.24, 2.45) is 0 Å². The highest BCUT2D eigenvalue weighted by Gasteiger charge is 2.77. The van der Waals surface area contributed by atoms with Crippen LogP contribution in [0.15, 0.2) is 0 Å². The molecule has 0 bridgehead atoms. The van der Waals surface area contributed by atoms with E-state index in [1.165, 1.54) is 0 Å². The van der Waals surface area contributed by atoms with Crippen LogP contribution in [0, 0.1) is 0 Å². The zero-order chi connectivity index (χ0) is 21.4. The summed E-state index contributed by atoms with van der Waals surface area (Å²) < 4.78 is 127. The highest BCUT2D eigenvalue weighted by Crippen LogP contribution is 2.53. The van der Waals surface area contributed by atoms with Crippen molar-refractivity contribution in [2.45, 2.75) is 75.4 Å². The third kappa shape index (κ3) is 3.48. The van der Waals surface area contributed by atoms with Crippen LogP contribution in [0.4, 0.5) is 39.5 Å². The molecule has 0 radical (unpaired) electrons. The lowest BCUT2D eigenvalue weighted by atomic mass is 9.81. The molecule has 156 valence electrons. The Hall–Kier alpha value is -1.20. The molecule has 0 saturated carbocycles. The van der Waals surface area contributed by atoms with Gasteiger partial charge in [-0.25, -0.2) is 22.4 Å². The van der Waals surface area contributed by atoms with Gasteiger partial charge in [-0.3, -0.25) is 0 Å². The monoisotopic (exact) mass is 406 g/mol. The Kier molecular flexibility index (Phi) is 6.75. The van der Waals surface area contributed by atoms with Crippen molar-refractivity contribution in [3.8, 4) is 0 Å². The van der Waals surface area contributed by atoms with E-state index in [0.717, 1.165) is 6.92 Å². The quantitative estimate of drug-likeness (QED) is 0.552. The molecule has 1 N–H and O–H groups in total. The van der Waals surface area contributed by atoms with E-state index >= 15 is 0 Å². The van der Waals surface area contributed by atoms with Crippen molar-refractivity contribution in [2.75, 3.05) is 6.67 Å². The average molecular weight is 406 g/mol. The van der Waals surface area contributed by atoms with Crippen LogP contribution in [0.3, 0.4) is 0 Å². The molecular formula is C14H19F9O3. The van der Waals surface area contributed by atoms with Crippen LogP contribution in [0.25, 0.3) is 0 Å². The van der Waals surface area contributed by atoms with Crippen molar-refractivity contribution in [1.82, 2.24) is 0 Å². The summed E-state index contributed by atoms with van der Waals surface area (Å²) in [4.78, 5) is 10.9. The molecule has 0 aromatic rings. The highest BCUT2D eigenvalue weighted by molar-refractivity contribution is 5.80. The summed E-state index contributed by atoms with van der Waals surface area (Å²) in [6.45, 7) is -0.993. The molecule has 0 heterocycles. The second-order valence-corrected chi connectivity index (χ2v) is 6.15. The minimum atomic E-state index is -6.25. The van der Waals surface area contributed by atoms with Gasteiger partial charge in [-0.05, 0) is 26.7 Å². The molecule has 0 saturated heterocycles. The van der Waals surface area contributed by atoms with Crippen molar-refractivity contribution in [3.63, 3.8) is 0 Å². The van der Waals surface area contributed by atoms with Crippen LogP contribution < -0.4 is 0 Å². The first-order valence-electron chi connectivity index (χ1n) is 7.34. The lowest BCUT2D eigenvalue weighted by molar-refractivity contribution is -0.401. The summed E-state index contributed by atoms with van der Waals surface area (Å²) in [5.41, 5.74) is -17.7. The van der Waals surface area contributed by atoms with Gasteiger partial charge in [0, 0.05) is 0 Å². The van der Waals surface area contributed by atoms with Gasteiger partial charge in [0.1, 0.15) is 12.3 Å². The lowest BCUT2D eigenvalue weighted by Crippen LogP contribution is -2.69. The molecule has 4 unspecified atom stereocenters. The van der Waals surface area contributed by atoms with Gasteiger partial charge in [0.25, 0.3) is 5.67 Å². The Labute approximate surface area is 143 Å². The maximum atomic E-state index is 14.5. The number of halogens is 9. The zero-order valence-electron chi connectivity index (χ0n) is 14.3. The molecule has 0 aromatic heterocycles. The summed E-state index contributed by atoms with van der Waals surface area (Å²) in [6.07, 6.45) is -14.3. The number of aliphatic carboxylic acids is 1. The van der Waals surface area contributed by atoms with Crippen LogP contribution in [0.5, 0.6) is 0 Å². The number of ether oxygens (including phenoxy) is 1. The molecular weight excluding hydrogens is 387 g/mol. The molecule has 0 amide bonds. The number of carboxylic acid groups (broad SMARTS) is 1. The van der Waals surface area contributed by atoms with Gasteiger partial charge in [0.2, 0.25) is 0 Å². The van der Waals surface area contributed by atoms with Crippen molar-refractivity contribution < 1.29 is 54.2 Å². The Bertz CT molecular complexity index is 522. The molecule has 0 aliphatic carbocycles. The van der Waals surface area contributed by atoms with Gasteiger partial charge in [-0.2, -0.15) is 22.0 Å². The zero-order valence-corrected chi connectivity index (χ0v) is 14.3. The maximum Gasteiger partial charge on any atom is 0.436 e. The van der Waals surface area contributed by atoms with Gasteiger partial charge in [-0.1, -0.05) is 13.8 Å². The molecule has 26 heavy (non-hydrogen) atoms. The molecule has 0 spiro atoms. The van der Waals surface area contributed by atoms with Gasteiger partial charge in [0.05, 0.1) is 0 Å². The number of carbonyl (C=O) groups is 1. The van der Waals surface area contributed by atoms with Crippen molar-refractivity contribution >= 4 is 5.97 Å². The maximum absolute atomic E-state index is 14.5. The average Bonchev–Trinajstić information content (AvgIpc) is 2.50. The number of carboxylic acids is 1. The fourth-order valence-electron chi connectivity index (χ4n) is 2.20. The number of alkyl halides is 9. The fraction of sp³-hybridized carbons (Fsp3) is 0.929. The van der Waals surface area contributed by atoms with Crippen molar-refractivity contribution in [1.29, 1.82) is 0 Å². The van der Waals surface area contributed by atoms with Crippen LogP contribution in [0.1, 0.15) is 40.5 Å². The van der Waals surface area contributed by atoms with Gasteiger partial charge < -0.3 is 9.84 Å². The van der Waals surface area contributed by atoms with E-state index in [-0.39, 0.29) is 13.8 Å². The van der Waals surface area contributed by atoms with Gasteiger partial charge in [0.15, 0.2) is 5.67 Å². The molecule has 0 aliphatic heterocycles. The topological polar surface area (TPSA) is 46.5 Å². The van der Waals surface area contributed by atoms with E-state index < -0.39 is 60.4 Å². The van der Waals surface area contributed by atoms with E-state index in [1.807, 2.05) is 0 Å². The Balaban J connectivity index is 6.42. The van der Waals surface area contributed by atoms with E-state index in [9.17, 15) is 44.3 Å². The SMILES string of the molecule is CCC(C)(F)C(F)(CF)C(F)(F)OC(C)(CC)C(F)(C(=O)O)C(F)(F)F. The molecule has 0 aromatic carbocycles. The van der Waals surface area contributed by atoms with E-state index in [2.05, 4.69) is 4.74 Å². The summed E-state index contributed by atoms with van der Waals surface area (Å²) in [5.74, 6) is -3.23. The second kappa shape index (κ2) is 7.08. The first-order valence-corrected chi connectivity index (χ1v) is 7.34. The number of hydrogen-bond donors (Lipinski definition) is 1. The number of rotatable bonds is 9. The summed E-state index contributed by atoms with van der Waals surface area (Å²) in [7, 11) is 0. The van der Waals surface area contributed by atoms with E-state index in [4.69, 9.17) is 5.11 Å². The first kappa shape index (κ1) is 24.8. The Morgan fingerprint density at radius 2 is 1.35 bits per heavy atom. The molecule has 4 atom stereocenters. The van der Waals surface area contributed by atoms with Crippen molar-refractivity contribution in [3.05, 3.63) is 0 Å². The molecule has 12 heteroatoms.